The fourth-order valence-electron chi connectivity index (χ4n) is 15.4. The van der Waals surface area contributed by atoms with Gasteiger partial charge in [-0.15, -0.1) is 22.7 Å². The van der Waals surface area contributed by atoms with Crippen LogP contribution in [0.25, 0.3) is 106 Å². The second-order valence-electron chi connectivity index (χ2n) is 25.2. The van der Waals surface area contributed by atoms with Crippen molar-refractivity contribution in [1.29, 1.82) is 0 Å². The van der Waals surface area contributed by atoms with E-state index in [2.05, 4.69) is 318 Å². The predicted octanol–water partition coefficient (Wildman–Crippen LogP) is 24.5. The molecule has 0 radical (unpaired) electrons. The molecule has 15 aromatic rings. The lowest BCUT2D eigenvalue weighted by Gasteiger charge is -2.54. The molecule has 2 nitrogen and oxygen atoms in total. The number of anilines is 6. The van der Waals surface area contributed by atoms with Crippen molar-refractivity contribution in [2.75, 3.05) is 9.80 Å². The summed E-state index contributed by atoms with van der Waals surface area (Å²) in [5, 5.41) is 13.0. The Morgan fingerprint density at radius 3 is 1.27 bits per heavy atom. The maximum atomic E-state index is 2.50. The van der Waals surface area contributed by atoms with Crippen molar-refractivity contribution in [2.24, 2.45) is 10.8 Å². The highest BCUT2D eigenvalue weighted by atomic mass is 32.1. The molecule has 13 aromatic carbocycles. The Kier molecular flexibility index (Phi) is 11.7. The number of fused-ring (bicyclic) bond motifs is 16. The van der Waals surface area contributed by atoms with Gasteiger partial charge in [-0.3, -0.25) is 0 Å². The summed E-state index contributed by atoms with van der Waals surface area (Å²) in [7, 11) is 0. The third kappa shape index (κ3) is 7.81. The van der Waals surface area contributed by atoms with Gasteiger partial charge in [-0.05, 0) is 173 Å². The van der Waals surface area contributed by atoms with Crippen LogP contribution >= 0.6 is 22.7 Å². The van der Waals surface area contributed by atoms with Crippen molar-refractivity contribution in [3.63, 3.8) is 0 Å². The Bertz CT molecular complexity index is 5150. The molecule has 0 aliphatic heterocycles. The molecule has 0 unspecified atom stereocenters. The van der Waals surface area contributed by atoms with E-state index in [0.717, 1.165) is 22.7 Å². The van der Waals surface area contributed by atoms with E-state index in [9.17, 15) is 0 Å². The van der Waals surface area contributed by atoms with Gasteiger partial charge in [-0.1, -0.05) is 224 Å². The van der Waals surface area contributed by atoms with Gasteiger partial charge >= 0.3 is 0 Å². The molecule has 0 amide bonds. The van der Waals surface area contributed by atoms with Gasteiger partial charge in [-0.2, -0.15) is 0 Å². The summed E-state index contributed by atoms with van der Waals surface area (Å²) in [5.41, 5.74) is 16.5. The highest BCUT2D eigenvalue weighted by molar-refractivity contribution is 7.26. The van der Waals surface area contributed by atoms with E-state index in [-0.39, 0.29) is 10.8 Å². The molecule has 85 heavy (non-hydrogen) atoms. The predicted molar refractivity (Wildman–Crippen MR) is 370 cm³/mol. The quantitative estimate of drug-likeness (QED) is 0.140. The Morgan fingerprint density at radius 2 is 0.729 bits per heavy atom. The van der Waals surface area contributed by atoms with Gasteiger partial charge in [0.05, 0.1) is 20.8 Å². The summed E-state index contributed by atoms with van der Waals surface area (Å²) >= 11 is 3.75. The highest BCUT2D eigenvalue weighted by Crippen LogP contribution is 2.68. The van der Waals surface area contributed by atoms with E-state index in [1.54, 1.807) is 0 Å². The Labute approximate surface area is 505 Å². The van der Waals surface area contributed by atoms with Gasteiger partial charge in [0, 0.05) is 59.1 Å². The van der Waals surface area contributed by atoms with Crippen LogP contribution in [-0.4, -0.2) is 0 Å². The van der Waals surface area contributed by atoms with Crippen molar-refractivity contribution in [2.45, 2.75) is 47.0 Å². The number of rotatable bonds is 8. The van der Waals surface area contributed by atoms with Crippen LogP contribution in [0, 0.1) is 10.8 Å². The third-order valence-electron chi connectivity index (χ3n) is 18.5. The first-order chi connectivity index (χ1) is 41.4. The molecule has 0 fully saturated rings. The largest absolute Gasteiger partial charge is 0.309 e. The molecule has 4 heteroatoms. The number of nitrogens with zero attached hydrogens (tertiary/aromatic N) is 2. The first-order valence-electron chi connectivity index (χ1n) is 29.7. The van der Waals surface area contributed by atoms with E-state index >= 15 is 0 Å². The average Bonchev–Trinajstić information content (AvgIpc) is 1.59. The number of thiophene rings is 2. The highest BCUT2D eigenvalue weighted by Gasteiger charge is 2.59. The third-order valence-corrected chi connectivity index (χ3v) is 20.9. The monoisotopic (exact) mass is 1130 g/mol. The van der Waals surface area contributed by atoms with Crippen molar-refractivity contribution in [1.82, 2.24) is 0 Å². The van der Waals surface area contributed by atoms with Crippen molar-refractivity contribution in [3.05, 3.63) is 278 Å². The molecule has 2 heterocycles. The van der Waals surface area contributed by atoms with Gasteiger partial charge in [0.15, 0.2) is 0 Å². The molecule has 0 atom stereocenters. The van der Waals surface area contributed by atoms with Crippen LogP contribution in [0.1, 0.15) is 52.7 Å². The smallest absolute Gasteiger partial charge is 0.0640 e. The molecule has 0 N–H and O–H groups in total. The maximum Gasteiger partial charge on any atom is 0.0640 e. The van der Waals surface area contributed by atoms with E-state index in [0.29, 0.717) is 0 Å². The van der Waals surface area contributed by atoms with Crippen LogP contribution < -0.4 is 9.80 Å². The van der Waals surface area contributed by atoms with Gasteiger partial charge in [0.1, 0.15) is 0 Å². The molecule has 408 valence electrons. The average molecular weight is 1130 g/mol. The SMILES string of the molecule is CC(C)(C)C1(C(C)(C)C)c2c(ccc3cc(-c4cccc(N(c5ccccc5)c5cccc6c5sc5ccccc56)c4)ccc23)-c2c1c1ccc(-c3cccc(N(c4ccccc4)c4cccc5c4sc4ccccc45)c3)cc1c1ccccc21. The molecule has 1 aliphatic carbocycles. The molecule has 0 bridgehead atoms. The lowest BCUT2D eigenvalue weighted by molar-refractivity contribution is 0.0977. The van der Waals surface area contributed by atoms with Gasteiger partial charge < -0.3 is 9.80 Å². The second-order valence-corrected chi connectivity index (χ2v) is 27.3. The Hall–Kier alpha value is -9.32. The van der Waals surface area contributed by atoms with E-state index < -0.39 is 5.41 Å². The fourth-order valence-corrected chi connectivity index (χ4v) is 17.8. The summed E-state index contributed by atoms with van der Waals surface area (Å²) < 4.78 is 5.18. The van der Waals surface area contributed by atoms with Crippen LogP contribution in [0.15, 0.2) is 267 Å². The summed E-state index contributed by atoms with van der Waals surface area (Å²) in [6.07, 6.45) is 0. The zero-order chi connectivity index (χ0) is 57.3. The maximum absolute atomic E-state index is 2.50. The van der Waals surface area contributed by atoms with Crippen molar-refractivity contribution in [3.8, 4) is 33.4 Å². The first kappa shape index (κ1) is 51.3. The zero-order valence-corrected chi connectivity index (χ0v) is 50.2. The molecule has 2 aromatic heterocycles. The van der Waals surface area contributed by atoms with Crippen LogP contribution in [0.4, 0.5) is 34.1 Å². The minimum atomic E-state index is -0.400. The standard InChI is InChI=1S/C81H62N2S2/c1-79(2,3)81(80(4,5)6)75-60-44-41-53(51-23-19-29-58(48-51)82(56-25-9-7-10-26-56)70-37-21-35-66-62-32-15-17-39-72(62)84-77(66)70)47-55(60)43-46-68(75)74-64-34-14-13-31-61(64)69-50-54(42-45-65(69)76(74)81)52-24-20-30-59(49-52)83(57-27-11-8-12-28-57)71-38-22-36-67-63-33-16-18-40-73(63)85-78(67)71/h7-50H,1-6H3. The summed E-state index contributed by atoms with van der Waals surface area (Å²) in [5.74, 6) is 0. The molecular weight excluding hydrogens is 1070 g/mol. The lowest BCUT2D eigenvalue weighted by atomic mass is 9.49. The van der Waals surface area contributed by atoms with Gasteiger partial charge in [-0.25, -0.2) is 0 Å². The van der Waals surface area contributed by atoms with Gasteiger partial charge in [0.25, 0.3) is 0 Å². The van der Waals surface area contributed by atoms with E-state index in [4.69, 9.17) is 0 Å². The molecule has 0 saturated carbocycles. The second kappa shape index (κ2) is 19.4. The number of hydrogen-bond donors (Lipinski definition) is 0. The van der Waals surface area contributed by atoms with Crippen molar-refractivity contribution < 1.29 is 0 Å². The summed E-state index contributed by atoms with van der Waals surface area (Å²) in [4.78, 5) is 4.89. The Balaban J connectivity index is 0.845. The van der Waals surface area contributed by atoms with E-state index in [1.807, 2.05) is 22.7 Å². The summed E-state index contributed by atoms with van der Waals surface area (Å²) in [6.45, 7) is 15.0. The molecular formula is C81H62N2S2. The minimum Gasteiger partial charge on any atom is -0.309 e. The molecule has 0 spiro atoms. The van der Waals surface area contributed by atoms with Crippen LogP contribution in [-0.2, 0) is 5.41 Å². The van der Waals surface area contributed by atoms with Crippen molar-refractivity contribution >= 4 is 129 Å². The zero-order valence-electron chi connectivity index (χ0n) is 48.6. The molecule has 16 rings (SSSR count). The van der Waals surface area contributed by atoms with Crippen LogP contribution in [0.5, 0.6) is 0 Å². The first-order valence-corrected chi connectivity index (χ1v) is 31.4. The van der Waals surface area contributed by atoms with E-state index in [1.165, 1.54) is 129 Å². The fraction of sp³-hybridized carbons (Fsp3) is 0.111. The number of benzene rings is 13. The molecule has 0 saturated heterocycles. The topological polar surface area (TPSA) is 6.48 Å². The molecule has 1 aliphatic rings. The Morgan fingerprint density at radius 1 is 0.294 bits per heavy atom. The van der Waals surface area contributed by atoms with Crippen LogP contribution in [0.2, 0.25) is 0 Å². The minimum absolute atomic E-state index is 0.203. The normalized spacial score (nSPS) is 13.2. The van der Waals surface area contributed by atoms with Crippen LogP contribution in [0.3, 0.4) is 0 Å². The van der Waals surface area contributed by atoms with Gasteiger partial charge in [0.2, 0.25) is 0 Å². The lowest BCUT2D eigenvalue weighted by Crippen LogP contribution is -2.50. The number of hydrogen-bond acceptors (Lipinski definition) is 4. The summed E-state index contributed by atoms with van der Waals surface area (Å²) in [6, 6.07) is 99.9. The number of para-hydroxylation sites is 2.